The van der Waals surface area contributed by atoms with Crippen molar-refractivity contribution in [2.45, 2.75) is 20.5 Å². The van der Waals surface area contributed by atoms with E-state index < -0.39 is 11.0 Å². The summed E-state index contributed by atoms with van der Waals surface area (Å²) in [7, 11) is 0. The second-order valence-electron chi connectivity index (χ2n) is 6.46. The predicted octanol–water partition coefficient (Wildman–Crippen LogP) is 4.64. The first-order chi connectivity index (χ1) is 14.4. The fourth-order valence-corrected chi connectivity index (χ4v) is 3.65. The Morgan fingerprint density at radius 2 is 1.93 bits per heavy atom. The molecule has 3 heterocycles. The zero-order chi connectivity index (χ0) is 21.3. The third-order valence-corrected chi connectivity index (χ3v) is 5.20. The van der Waals surface area contributed by atoms with Gasteiger partial charge in [0.15, 0.2) is 0 Å². The van der Waals surface area contributed by atoms with E-state index in [-0.39, 0.29) is 11.4 Å². The third kappa shape index (κ3) is 3.98. The van der Waals surface area contributed by atoms with Crippen LogP contribution in [0.4, 0.5) is 10.5 Å². The van der Waals surface area contributed by atoms with Crippen LogP contribution in [0.1, 0.15) is 15.6 Å². The van der Waals surface area contributed by atoms with E-state index in [2.05, 4.69) is 9.97 Å². The number of ether oxygens (including phenoxy) is 2. The molecule has 152 valence electrons. The molecule has 10 heteroatoms. The van der Waals surface area contributed by atoms with Crippen molar-refractivity contribution in [2.75, 3.05) is 0 Å². The highest BCUT2D eigenvalue weighted by atomic mass is 32.1. The summed E-state index contributed by atoms with van der Waals surface area (Å²) in [5.41, 5.74) is 1.17. The summed E-state index contributed by atoms with van der Waals surface area (Å²) in [5, 5.41) is 12.5. The number of carbonyl (C=O) groups is 1. The van der Waals surface area contributed by atoms with Gasteiger partial charge in [-0.1, -0.05) is 0 Å². The number of thiazole rings is 1. The first-order valence-corrected chi connectivity index (χ1v) is 9.71. The lowest BCUT2D eigenvalue weighted by Gasteiger charge is -2.09. The van der Waals surface area contributed by atoms with Gasteiger partial charge in [-0.15, -0.1) is 11.3 Å². The number of rotatable bonds is 5. The van der Waals surface area contributed by atoms with Crippen LogP contribution < -0.4 is 9.47 Å². The van der Waals surface area contributed by atoms with Crippen LogP contribution in [0, 0.1) is 24.0 Å². The zero-order valence-corrected chi connectivity index (χ0v) is 16.9. The molecule has 0 amide bonds. The normalized spacial score (nSPS) is 10.9. The van der Waals surface area contributed by atoms with E-state index >= 15 is 0 Å². The van der Waals surface area contributed by atoms with Crippen LogP contribution in [0.3, 0.4) is 0 Å². The zero-order valence-electron chi connectivity index (χ0n) is 16.1. The molecule has 0 aliphatic heterocycles. The second-order valence-corrected chi connectivity index (χ2v) is 7.78. The SMILES string of the molecule is Cc1ncc(COc2cc3c(cn2)cc(C)n3C(=O)Oc2ccc([N+](=O)[O-])cc2)s1. The van der Waals surface area contributed by atoms with Crippen molar-refractivity contribution in [3.8, 4) is 11.6 Å². The van der Waals surface area contributed by atoms with Gasteiger partial charge in [0.25, 0.3) is 5.69 Å². The van der Waals surface area contributed by atoms with Gasteiger partial charge in [-0.25, -0.2) is 19.3 Å². The lowest BCUT2D eigenvalue weighted by Crippen LogP contribution is -2.17. The molecule has 1 aromatic carbocycles. The van der Waals surface area contributed by atoms with Gasteiger partial charge in [-0.05, 0) is 32.0 Å². The summed E-state index contributed by atoms with van der Waals surface area (Å²) in [5.74, 6) is 0.578. The molecule has 0 aliphatic rings. The number of hydrogen-bond donors (Lipinski definition) is 0. The van der Waals surface area contributed by atoms with E-state index in [4.69, 9.17) is 9.47 Å². The quantitative estimate of drug-likeness (QED) is 0.339. The number of aromatic nitrogens is 3. The van der Waals surface area contributed by atoms with Crippen LogP contribution in [0.2, 0.25) is 0 Å². The van der Waals surface area contributed by atoms with Crippen LogP contribution in [0.5, 0.6) is 11.6 Å². The average molecular weight is 424 g/mol. The Kier molecular flexibility index (Phi) is 5.15. The van der Waals surface area contributed by atoms with Crippen LogP contribution in [0.25, 0.3) is 10.9 Å². The summed E-state index contributed by atoms with van der Waals surface area (Å²) in [6.45, 7) is 4.03. The minimum Gasteiger partial charge on any atom is -0.472 e. The van der Waals surface area contributed by atoms with Gasteiger partial charge in [0.1, 0.15) is 12.4 Å². The third-order valence-electron chi connectivity index (χ3n) is 4.31. The maximum atomic E-state index is 12.8. The van der Waals surface area contributed by atoms with Crippen LogP contribution in [-0.4, -0.2) is 25.6 Å². The Morgan fingerprint density at radius 1 is 1.17 bits per heavy atom. The van der Waals surface area contributed by atoms with Gasteiger partial charge in [-0.3, -0.25) is 10.1 Å². The first kappa shape index (κ1) is 19.5. The number of nitro benzene ring substituents is 1. The molecule has 0 spiro atoms. The fourth-order valence-electron chi connectivity index (χ4n) is 2.94. The molecule has 0 saturated carbocycles. The van der Waals surface area contributed by atoms with E-state index in [1.165, 1.54) is 28.8 Å². The first-order valence-electron chi connectivity index (χ1n) is 8.89. The lowest BCUT2D eigenvalue weighted by atomic mass is 10.3. The van der Waals surface area contributed by atoms with Crippen molar-refractivity contribution in [3.63, 3.8) is 0 Å². The number of pyridine rings is 1. The summed E-state index contributed by atoms with van der Waals surface area (Å²) in [6, 6.07) is 8.80. The number of fused-ring (bicyclic) bond motifs is 1. The van der Waals surface area contributed by atoms with Crippen molar-refractivity contribution in [2.24, 2.45) is 0 Å². The molecule has 0 atom stereocenters. The van der Waals surface area contributed by atoms with Gasteiger partial charge in [0.05, 0.1) is 20.3 Å². The molecule has 0 unspecified atom stereocenters. The number of nitro groups is 1. The summed E-state index contributed by atoms with van der Waals surface area (Å²) < 4.78 is 12.5. The minimum absolute atomic E-state index is 0.0820. The molecule has 0 aliphatic carbocycles. The molecule has 4 rings (SSSR count). The van der Waals surface area contributed by atoms with Gasteiger partial charge in [0, 0.05) is 41.7 Å². The molecule has 0 saturated heterocycles. The Balaban J connectivity index is 1.56. The maximum Gasteiger partial charge on any atom is 0.424 e. The minimum atomic E-state index is -0.633. The number of hydrogen-bond acceptors (Lipinski definition) is 8. The van der Waals surface area contributed by atoms with Gasteiger partial charge < -0.3 is 9.47 Å². The summed E-state index contributed by atoms with van der Waals surface area (Å²) in [4.78, 5) is 32.5. The molecule has 4 aromatic rings. The Hall–Kier alpha value is -3.79. The lowest BCUT2D eigenvalue weighted by molar-refractivity contribution is -0.384. The Labute approximate surface area is 174 Å². The number of non-ortho nitro benzene ring substituents is 1. The van der Waals surface area contributed by atoms with Crippen molar-refractivity contribution in [1.82, 2.24) is 14.5 Å². The summed E-state index contributed by atoms with van der Waals surface area (Å²) >= 11 is 1.54. The smallest absolute Gasteiger partial charge is 0.424 e. The van der Waals surface area contributed by atoms with Crippen LogP contribution in [-0.2, 0) is 6.61 Å². The van der Waals surface area contributed by atoms with Crippen molar-refractivity contribution in [3.05, 3.63) is 74.5 Å². The van der Waals surface area contributed by atoms with Gasteiger partial charge in [-0.2, -0.15) is 0 Å². The predicted molar refractivity (Wildman–Crippen MR) is 110 cm³/mol. The van der Waals surface area contributed by atoms with Crippen molar-refractivity contribution in [1.29, 1.82) is 0 Å². The monoisotopic (exact) mass is 424 g/mol. The van der Waals surface area contributed by atoms with Crippen molar-refractivity contribution >= 4 is 34.0 Å². The topological polar surface area (TPSA) is 109 Å². The molecule has 9 nitrogen and oxygen atoms in total. The number of carbonyl (C=O) groups excluding carboxylic acids is 1. The van der Waals surface area contributed by atoms with Gasteiger partial charge >= 0.3 is 6.09 Å². The van der Waals surface area contributed by atoms with E-state index in [1.807, 2.05) is 13.0 Å². The highest BCUT2D eigenvalue weighted by molar-refractivity contribution is 7.11. The molecular formula is C20H16N4O5S. The molecule has 0 radical (unpaired) electrons. The molecule has 3 aromatic heterocycles. The Bertz CT molecular complexity index is 1250. The fraction of sp³-hybridized carbons (Fsp3) is 0.150. The molecule has 0 fully saturated rings. The average Bonchev–Trinajstić information content (AvgIpc) is 3.28. The highest BCUT2D eigenvalue weighted by Crippen LogP contribution is 2.25. The molecule has 0 N–H and O–H groups in total. The molecular weight excluding hydrogens is 408 g/mol. The molecule has 30 heavy (non-hydrogen) atoms. The number of aryl methyl sites for hydroxylation is 2. The van der Waals surface area contributed by atoms with Gasteiger partial charge in [0.2, 0.25) is 5.88 Å². The largest absolute Gasteiger partial charge is 0.472 e. The van der Waals surface area contributed by atoms with Crippen LogP contribution >= 0.6 is 11.3 Å². The van der Waals surface area contributed by atoms with E-state index in [0.717, 1.165) is 15.3 Å². The standard InChI is InChI=1S/C20H16N4O5S/c1-12-7-14-9-22-19(28-11-17-10-21-13(2)30-17)8-18(14)23(12)20(25)29-16-5-3-15(4-6-16)24(26)27/h3-10H,11H2,1-2H3. The maximum absolute atomic E-state index is 12.8. The molecule has 0 bridgehead atoms. The van der Waals surface area contributed by atoms with Crippen LogP contribution in [0.15, 0.2) is 48.8 Å². The Morgan fingerprint density at radius 3 is 2.60 bits per heavy atom. The number of benzene rings is 1. The van der Waals surface area contributed by atoms with Crippen molar-refractivity contribution < 1.29 is 19.2 Å². The van der Waals surface area contributed by atoms with E-state index in [1.54, 1.807) is 36.7 Å². The second kappa shape index (κ2) is 7.91. The highest BCUT2D eigenvalue weighted by Gasteiger charge is 2.17. The van der Waals surface area contributed by atoms with E-state index in [9.17, 15) is 14.9 Å². The van der Waals surface area contributed by atoms with E-state index in [0.29, 0.717) is 23.7 Å². The number of nitrogens with zero attached hydrogens (tertiary/aromatic N) is 4. The summed E-state index contributed by atoms with van der Waals surface area (Å²) in [6.07, 6.45) is 2.75.